The molecule has 2 N–H and O–H groups in total. The number of benzene rings is 2. The molecular formula is C19H22ClFN2O2. The number of rotatable bonds is 5. The van der Waals surface area contributed by atoms with Crippen molar-refractivity contribution in [1.82, 2.24) is 5.32 Å². The third-order valence-corrected chi connectivity index (χ3v) is 4.70. The fourth-order valence-electron chi connectivity index (χ4n) is 3.25. The Morgan fingerprint density at radius 1 is 1.24 bits per heavy atom. The molecule has 134 valence electrons. The van der Waals surface area contributed by atoms with Gasteiger partial charge in [-0.05, 0) is 36.8 Å². The van der Waals surface area contributed by atoms with Crippen LogP contribution in [0.25, 0.3) is 0 Å². The monoisotopic (exact) mass is 364 g/mol. The zero-order valence-electron chi connectivity index (χ0n) is 14.1. The van der Waals surface area contributed by atoms with E-state index >= 15 is 0 Å². The molecule has 1 aliphatic heterocycles. The predicted octanol–water partition coefficient (Wildman–Crippen LogP) is 3.39. The SMILES string of the molecule is CC1CNC[C@@H](c2ccc(F)cc2)N1c1ccc(OCCO)cc1Cl. The number of nitrogens with one attached hydrogen (secondary N) is 1. The number of aliphatic hydroxyl groups is 1. The second-order valence-electron chi connectivity index (χ2n) is 6.17. The first-order valence-electron chi connectivity index (χ1n) is 8.38. The van der Waals surface area contributed by atoms with Crippen molar-refractivity contribution in [3.63, 3.8) is 0 Å². The molecule has 1 saturated heterocycles. The van der Waals surface area contributed by atoms with Crippen LogP contribution in [0.4, 0.5) is 10.1 Å². The van der Waals surface area contributed by atoms with E-state index in [4.69, 9.17) is 21.4 Å². The molecule has 6 heteroatoms. The van der Waals surface area contributed by atoms with Gasteiger partial charge in [-0.25, -0.2) is 4.39 Å². The van der Waals surface area contributed by atoms with Crippen LogP contribution in [0, 0.1) is 5.82 Å². The zero-order chi connectivity index (χ0) is 17.8. The third kappa shape index (κ3) is 4.06. The number of nitrogens with zero attached hydrogens (tertiary/aromatic N) is 1. The fraction of sp³-hybridized carbons (Fsp3) is 0.368. The van der Waals surface area contributed by atoms with E-state index in [1.165, 1.54) is 12.1 Å². The van der Waals surface area contributed by atoms with Crippen molar-refractivity contribution in [1.29, 1.82) is 0 Å². The van der Waals surface area contributed by atoms with Gasteiger partial charge in [-0.15, -0.1) is 0 Å². The molecule has 0 radical (unpaired) electrons. The van der Waals surface area contributed by atoms with Crippen LogP contribution in [-0.2, 0) is 0 Å². The molecule has 2 aromatic carbocycles. The summed E-state index contributed by atoms with van der Waals surface area (Å²) in [4.78, 5) is 2.27. The second kappa shape index (κ2) is 8.04. The lowest BCUT2D eigenvalue weighted by atomic mass is 9.99. The Balaban J connectivity index is 1.92. The Morgan fingerprint density at radius 2 is 2.00 bits per heavy atom. The van der Waals surface area contributed by atoms with Gasteiger partial charge in [-0.3, -0.25) is 0 Å². The lowest BCUT2D eigenvalue weighted by Gasteiger charge is -2.43. The van der Waals surface area contributed by atoms with E-state index in [1.807, 2.05) is 24.3 Å². The quantitative estimate of drug-likeness (QED) is 0.853. The molecule has 2 atom stereocenters. The fourth-order valence-corrected chi connectivity index (χ4v) is 3.52. The van der Waals surface area contributed by atoms with Gasteiger partial charge >= 0.3 is 0 Å². The molecule has 1 aliphatic rings. The predicted molar refractivity (Wildman–Crippen MR) is 98.0 cm³/mol. The van der Waals surface area contributed by atoms with Crippen molar-refractivity contribution >= 4 is 17.3 Å². The molecule has 0 spiro atoms. The van der Waals surface area contributed by atoms with Gasteiger partial charge in [0.1, 0.15) is 18.2 Å². The Kier molecular flexibility index (Phi) is 5.78. The van der Waals surface area contributed by atoms with E-state index < -0.39 is 0 Å². The van der Waals surface area contributed by atoms with Crippen LogP contribution in [-0.4, -0.2) is 37.5 Å². The standard InChI is InChI=1S/C19H22ClFN2O2/c1-13-11-22-12-19(14-2-4-15(21)5-3-14)23(13)18-7-6-16(10-17(18)20)25-9-8-24/h2-7,10,13,19,22,24H,8-9,11-12H2,1H3/t13?,19-/m0/s1. The molecule has 1 unspecified atom stereocenters. The topological polar surface area (TPSA) is 44.7 Å². The number of hydrogen-bond donors (Lipinski definition) is 2. The minimum Gasteiger partial charge on any atom is -0.491 e. The molecule has 4 nitrogen and oxygen atoms in total. The molecule has 1 heterocycles. The smallest absolute Gasteiger partial charge is 0.123 e. The number of hydrogen-bond acceptors (Lipinski definition) is 4. The molecule has 0 aromatic heterocycles. The molecule has 25 heavy (non-hydrogen) atoms. The first kappa shape index (κ1) is 18.0. The molecule has 1 fully saturated rings. The summed E-state index contributed by atoms with van der Waals surface area (Å²) < 4.78 is 18.7. The molecular weight excluding hydrogens is 343 g/mol. The number of anilines is 1. The lowest BCUT2D eigenvalue weighted by Crippen LogP contribution is -2.52. The maximum atomic E-state index is 13.3. The van der Waals surface area contributed by atoms with Crippen molar-refractivity contribution in [3.8, 4) is 5.75 Å². The highest BCUT2D eigenvalue weighted by Crippen LogP contribution is 2.37. The normalized spacial score (nSPS) is 20.6. The highest BCUT2D eigenvalue weighted by atomic mass is 35.5. The van der Waals surface area contributed by atoms with Crippen LogP contribution in [0.1, 0.15) is 18.5 Å². The van der Waals surface area contributed by atoms with Gasteiger partial charge < -0.3 is 20.1 Å². The van der Waals surface area contributed by atoms with Gasteiger partial charge in [0.15, 0.2) is 0 Å². The summed E-state index contributed by atoms with van der Waals surface area (Å²) in [5, 5.41) is 12.9. The Morgan fingerprint density at radius 3 is 2.68 bits per heavy atom. The number of aliphatic hydroxyl groups excluding tert-OH is 1. The Hall–Kier alpha value is -1.82. The van der Waals surface area contributed by atoms with E-state index in [0.29, 0.717) is 10.8 Å². The average molecular weight is 365 g/mol. The minimum atomic E-state index is -0.240. The van der Waals surface area contributed by atoms with E-state index in [0.717, 1.165) is 24.3 Å². The summed E-state index contributed by atoms with van der Waals surface area (Å²) in [6.07, 6.45) is 0. The van der Waals surface area contributed by atoms with Crippen LogP contribution in [0.2, 0.25) is 5.02 Å². The van der Waals surface area contributed by atoms with Crippen LogP contribution in [0.15, 0.2) is 42.5 Å². The summed E-state index contributed by atoms with van der Waals surface area (Å²) in [6.45, 7) is 3.93. The van der Waals surface area contributed by atoms with E-state index in [9.17, 15) is 4.39 Å². The number of halogens is 2. The van der Waals surface area contributed by atoms with Gasteiger partial charge in [0.25, 0.3) is 0 Å². The van der Waals surface area contributed by atoms with Crippen molar-refractivity contribution < 1.29 is 14.2 Å². The largest absolute Gasteiger partial charge is 0.491 e. The maximum absolute atomic E-state index is 13.3. The third-order valence-electron chi connectivity index (χ3n) is 4.40. The Labute approximate surface area is 152 Å². The molecule has 0 saturated carbocycles. The first-order valence-corrected chi connectivity index (χ1v) is 8.75. The van der Waals surface area contributed by atoms with Gasteiger partial charge in [0, 0.05) is 25.2 Å². The van der Waals surface area contributed by atoms with Gasteiger partial charge in [0.05, 0.1) is 23.4 Å². The number of ether oxygens (including phenoxy) is 1. The first-order chi connectivity index (χ1) is 12.1. The molecule has 2 aromatic rings. The highest BCUT2D eigenvalue weighted by molar-refractivity contribution is 6.33. The summed E-state index contributed by atoms with van der Waals surface area (Å²) in [6, 6.07) is 12.5. The highest BCUT2D eigenvalue weighted by Gasteiger charge is 2.30. The van der Waals surface area contributed by atoms with E-state index in [2.05, 4.69) is 17.1 Å². The Bertz CT molecular complexity index is 711. The summed E-state index contributed by atoms with van der Waals surface area (Å²) in [7, 11) is 0. The molecule has 0 aliphatic carbocycles. The van der Waals surface area contributed by atoms with E-state index in [-0.39, 0.29) is 31.1 Å². The van der Waals surface area contributed by atoms with Crippen LogP contribution in [0.3, 0.4) is 0 Å². The number of piperazine rings is 1. The second-order valence-corrected chi connectivity index (χ2v) is 6.57. The van der Waals surface area contributed by atoms with Gasteiger partial charge in [0.2, 0.25) is 0 Å². The van der Waals surface area contributed by atoms with Crippen molar-refractivity contribution in [3.05, 3.63) is 58.9 Å². The molecule has 0 bridgehead atoms. The van der Waals surface area contributed by atoms with Crippen LogP contribution in [0.5, 0.6) is 5.75 Å². The average Bonchev–Trinajstić information content (AvgIpc) is 2.61. The van der Waals surface area contributed by atoms with Crippen molar-refractivity contribution in [2.45, 2.75) is 19.0 Å². The summed E-state index contributed by atoms with van der Waals surface area (Å²) in [5.74, 6) is 0.388. The van der Waals surface area contributed by atoms with Gasteiger partial charge in [-0.2, -0.15) is 0 Å². The summed E-state index contributed by atoms with van der Waals surface area (Å²) in [5.41, 5.74) is 1.96. The summed E-state index contributed by atoms with van der Waals surface area (Å²) >= 11 is 6.52. The van der Waals surface area contributed by atoms with Gasteiger partial charge in [-0.1, -0.05) is 23.7 Å². The minimum absolute atomic E-state index is 0.0408. The van der Waals surface area contributed by atoms with Crippen LogP contribution >= 0.6 is 11.6 Å². The molecule has 0 amide bonds. The van der Waals surface area contributed by atoms with Crippen LogP contribution < -0.4 is 15.0 Å². The van der Waals surface area contributed by atoms with Crippen molar-refractivity contribution in [2.24, 2.45) is 0 Å². The zero-order valence-corrected chi connectivity index (χ0v) is 14.8. The molecule has 3 rings (SSSR count). The van der Waals surface area contributed by atoms with Crippen molar-refractivity contribution in [2.75, 3.05) is 31.2 Å². The lowest BCUT2D eigenvalue weighted by molar-refractivity contribution is 0.201. The maximum Gasteiger partial charge on any atom is 0.123 e. The van der Waals surface area contributed by atoms with E-state index in [1.54, 1.807) is 6.07 Å².